The van der Waals surface area contributed by atoms with Crippen molar-refractivity contribution >= 4 is 35.8 Å². The molecule has 1 amide bonds. The predicted molar refractivity (Wildman–Crippen MR) is 123 cm³/mol. The van der Waals surface area contributed by atoms with Gasteiger partial charge in [0.2, 0.25) is 5.91 Å². The predicted octanol–water partition coefficient (Wildman–Crippen LogP) is 3.32. The quantitative estimate of drug-likeness (QED) is 0.291. The number of carbonyl (C=O) groups is 1. The maximum absolute atomic E-state index is 12.4. The van der Waals surface area contributed by atoms with Gasteiger partial charge in [-0.25, -0.2) is 0 Å². The second-order valence-corrected chi connectivity index (χ2v) is 7.14. The maximum atomic E-state index is 12.4. The van der Waals surface area contributed by atoms with E-state index in [0.29, 0.717) is 28.9 Å². The van der Waals surface area contributed by atoms with Crippen molar-refractivity contribution in [3.63, 3.8) is 0 Å². The van der Waals surface area contributed by atoms with Crippen LogP contribution in [0.4, 0.5) is 13.2 Å². The second kappa shape index (κ2) is 12.8. The van der Waals surface area contributed by atoms with Gasteiger partial charge in [0.05, 0.1) is 19.8 Å². The van der Waals surface area contributed by atoms with Crippen LogP contribution in [0.2, 0.25) is 0 Å². The first-order valence-electron chi connectivity index (χ1n) is 9.80. The standard InChI is InChI=1S/C20H29F3N4O3.HI/c1-24-19(26-12-18(28)27(2)13-20(21,22)23)25-11-14-8-9-16(29-3)10-17(14)30-15-6-4-5-7-15;/h8-10,15H,4-7,11-13H2,1-3H3,(H2,24,25,26);1H. The van der Waals surface area contributed by atoms with E-state index in [9.17, 15) is 18.0 Å². The Morgan fingerprint density at radius 3 is 2.52 bits per heavy atom. The van der Waals surface area contributed by atoms with E-state index in [0.717, 1.165) is 38.3 Å². The average Bonchev–Trinajstić information content (AvgIpc) is 3.20. The van der Waals surface area contributed by atoms with Crippen LogP contribution in [0.15, 0.2) is 23.2 Å². The van der Waals surface area contributed by atoms with E-state index in [1.165, 1.54) is 7.05 Å². The van der Waals surface area contributed by atoms with Crippen molar-refractivity contribution in [3.8, 4) is 11.5 Å². The Morgan fingerprint density at radius 1 is 1.26 bits per heavy atom. The minimum Gasteiger partial charge on any atom is -0.497 e. The third-order valence-electron chi connectivity index (χ3n) is 4.79. The molecular formula is C20H30F3IN4O3. The van der Waals surface area contributed by atoms with Gasteiger partial charge in [0.1, 0.15) is 18.0 Å². The van der Waals surface area contributed by atoms with Gasteiger partial charge in [-0.05, 0) is 37.8 Å². The number of benzene rings is 1. The zero-order valence-electron chi connectivity index (χ0n) is 17.9. The van der Waals surface area contributed by atoms with Gasteiger partial charge < -0.3 is 25.0 Å². The fraction of sp³-hybridized carbons (Fsp3) is 0.600. The fourth-order valence-electron chi connectivity index (χ4n) is 3.15. The molecule has 31 heavy (non-hydrogen) atoms. The molecule has 0 radical (unpaired) electrons. The van der Waals surface area contributed by atoms with Gasteiger partial charge in [0.15, 0.2) is 5.96 Å². The van der Waals surface area contributed by atoms with E-state index in [-0.39, 0.29) is 36.6 Å². The topological polar surface area (TPSA) is 75.2 Å². The average molecular weight is 558 g/mol. The normalized spacial score (nSPS) is 14.6. The smallest absolute Gasteiger partial charge is 0.406 e. The van der Waals surface area contributed by atoms with Gasteiger partial charge in [-0.15, -0.1) is 24.0 Å². The number of amides is 1. The minimum atomic E-state index is -4.44. The second-order valence-electron chi connectivity index (χ2n) is 7.14. The van der Waals surface area contributed by atoms with Crippen molar-refractivity contribution in [3.05, 3.63) is 23.8 Å². The van der Waals surface area contributed by atoms with E-state index in [4.69, 9.17) is 9.47 Å². The molecule has 1 aromatic carbocycles. The highest BCUT2D eigenvalue weighted by molar-refractivity contribution is 14.0. The summed E-state index contributed by atoms with van der Waals surface area (Å²) >= 11 is 0. The lowest BCUT2D eigenvalue weighted by atomic mass is 10.2. The van der Waals surface area contributed by atoms with Crippen molar-refractivity contribution in [2.75, 3.05) is 34.3 Å². The van der Waals surface area contributed by atoms with Crippen molar-refractivity contribution < 1.29 is 27.4 Å². The largest absolute Gasteiger partial charge is 0.497 e. The van der Waals surface area contributed by atoms with E-state index >= 15 is 0 Å². The first-order chi connectivity index (χ1) is 14.2. The summed E-state index contributed by atoms with van der Waals surface area (Å²) in [5.41, 5.74) is 0.881. The number of aliphatic imine (C=N–C) groups is 1. The molecule has 176 valence electrons. The molecule has 2 N–H and O–H groups in total. The van der Waals surface area contributed by atoms with Crippen LogP contribution in [-0.4, -0.2) is 63.3 Å². The van der Waals surface area contributed by atoms with Crippen LogP contribution in [-0.2, 0) is 11.3 Å². The van der Waals surface area contributed by atoms with Crippen molar-refractivity contribution in [1.29, 1.82) is 0 Å². The number of methoxy groups -OCH3 is 1. The highest BCUT2D eigenvalue weighted by Gasteiger charge is 2.31. The molecule has 0 heterocycles. The van der Waals surface area contributed by atoms with Crippen molar-refractivity contribution in [1.82, 2.24) is 15.5 Å². The van der Waals surface area contributed by atoms with Crippen LogP contribution in [0.1, 0.15) is 31.2 Å². The minimum absolute atomic E-state index is 0. The summed E-state index contributed by atoms with van der Waals surface area (Å²) in [6.45, 7) is -1.24. The van der Waals surface area contributed by atoms with Gasteiger partial charge in [-0.3, -0.25) is 9.79 Å². The van der Waals surface area contributed by atoms with Gasteiger partial charge in [0.25, 0.3) is 0 Å². The molecule has 7 nitrogen and oxygen atoms in total. The summed E-state index contributed by atoms with van der Waals surface area (Å²) in [5.74, 6) is 1.01. The molecule has 1 aliphatic rings. The van der Waals surface area contributed by atoms with Crippen LogP contribution in [0.3, 0.4) is 0 Å². The maximum Gasteiger partial charge on any atom is 0.406 e. The Labute approximate surface area is 197 Å². The van der Waals surface area contributed by atoms with Gasteiger partial charge in [0, 0.05) is 32.3 Å². The molecule has 0 aliphatic heterocycles. The number of ether oxygens (including phenoxy) is 2. The molecule has 1 saturated carbocycles. The van der Waals surface area contributed by atoms with Crippen LogP contribution >= 0.6 is 24.0 Å². The molecule has 0 unspecified atom stereocenters. The number of rotatable bonds is 8. The van der Waals surface area contributed by atoms with E-state index in [1.54, 1.807) is 7.11 Å². The molecule has 0 bridgehead atoms. The number of hydrogen-bond acceptors (Lipinski definition) is 4. The fourth-order valence-corrected chi connectivity index (χ4v) is 3.15. The third kappa shape index (κ3) is 9.40. The molecule has 2 rings (SSSR count). The number of halogens is 4. The van der Waals surface area contributed by atoms with Crippen molar-refractivity contribution in [2.24, 2.45) is 4.99 Å². The number of guanidine groups is 1. The monoisotopic (exact) mass is 558 g/mol. The highest BCUT2D eigenvalue weighted by Crippen LogP contribution is 2.30. The Hall–Kier alpha value is -1.92. The Bertz CT molecular complexity index is 741. The molecule has 1 fully saturated rings. The van der Waals surface area contributed by atoms with Gasteiger partial charge in [-0.2, -0.15) is 13.2 Å². The number of nitrogens with zero attached hydrogens (tertiary/aromatic N) is 2. The molecule has 0 spiro atoms. The SMILES string of the molecule is CN=C(NCC(=O)N(C)CC(F)(F)F)NCc1ccc(OC)cc1OC1CCCC1.I. The zero-order chi connectivity index (χ0) is 22.1. The van der Waals surface area contributed by atoms with Crippen LogP contribution in [0, 0.1) is 0 Å². The lowest BCUT2D eigenvalue weighted by Gasteiger charge is -2.20. The summed E-state index contributed by atoms with van der Waals surface area (Å²) in [4.78, 5) is 16.5. The number of nitrogens with one attached hydrogen (secondary N) is 2. The van der Waals surface area contributed by atoms with Gasteiger partial charge >= 0.3 is 6.18 Å². The van der Waals surface area contributed by atoms with E-state index in [1.807, 2.05) is 18.2 Å². The van der Waals surface area contributed by atoms with Crippen LogP contribution < -0.4 is 20.1 Å². The van der Waals surface area contributed by atoms with E-state index < -0.39 is 18.6 Å². The molecule has 0 saturated heterocycles. The molecular weight excluding hydrogens is 528 g/mol. The number of likely N-dealkylation sites (N-methyl/N-ethyl adjacent to an activating group) is 1. The summed E-state index contributed by atoms with van der Waals surface area (Å²) in [6.07, 6.45) is 0.0662. The van der Waals surface area contributed by atoms with Crippen LogP contribution in [0.25, 0.3) is 0 Å². The zero-order valence-corrected chi connectivity index (χ0v) is 20.3. The summed E-state index contributed by atoms with van der Waals surface area (Å²) in [5, 5.41) is 5.79. The molecule has 1 aliphatic carbocycles. The highest BCUT2D eigenvalue weighted by atomic mass is 127. The van der Waals surface area contributed by atoms with Gasteiger partial charge in [-0.1, -0.05) is 0 Å². The Morgan fingerprint density at radius 2 is 1.94 bits per heavy atom. The number of hydrogen-bond donors (Lipinski definition) is 2. The van der Waals surface area contributed by atoms with Crippen LogP contribution in [0.5, 0.6) is 11.5 Å². The van der Waals surface area contributed by atoms with E-state index in [2.05, 4.69) is 15.6 Å². The molecule has 1 aromatic rings. The summed E-state index contributed by atoms with van der Waals surface area (Å²) in [6, 6.07) is 5.54. The third-order valence-corrected chi connectivity index (χ3v) is 4.79. The summed E-state index contributed by atoms with van der Waals surface area (Å²) < 4.78 is 48.6. The molecule has 0 atom stereocenters. The summed E-state index contributed by atoms with van der Waals surface area (Å²) in [7, 11) is 4.21. The first-order valence-corrected chi connectivity index (χ1v) is 9.80. The Kier molecular flexibility index (Phi) is 11.2. The first kappa shape index (κ1) is 27.1. The van der Waals surface area contributed by atoms with Crippen molar-refractivity contribution in [2.45, 2.75) is 44.5 Å². The lowest BCUT2D eigenvalue weighted by Crippen LogP contribution is -2.45. The molecule has 0 aromatic heterocycles. The number of carbonyl (C=O) groups excluding carboxylic acids is 1. The number of alkyl halides is 3. The Balaban J connectivity index is 0.00000480. The lowest BCUT2D eigenvalue weighted by molar-refractivity contribution is -0.157. The molecule has 11 heteroatoms.